The standard InChI is InChI=1S/C10H12N4O4/c11-3-5-8(16)6(4-15)18-9(5)14-2-1-7(12)13-10(14)17/h1-2,5-6,8-9,15-16H,4H2,(H2,12,13,17)/p+1/t5-,6+,8-,9+/m0/s1. The molecule has 5 N–H and O–H groups in total. The molecule has 0 amide bonds. The summed E-state index contributed by atoms with van der Waals surface area (Å²) in [5.74, 6) is -0.751. The number of aliphatic hydroxyl groups is 2. The number of aromatic nitrogens is 2. The van der Waals surface area contributed by atoms with E-state index < -0.39 is 36.7 Å². The summed E-state index contributed by atoms with van der Waals surface area (Å²) in [6, 6.07) is 3.32. The van der Waals surface area contributed by atoms with Crippen LogP contribution in [0.25, 0.3) is 0 Å². The fourth-order valence-corrected chi connectivity index (χ4v) is 1.93. The summed E-state index contributed by atoms with van der Waals surface area (Å²) in [5.41, 5.74) is 4.86. The maximum absolute atomic E-state index is 11.7. The summed E-state index contributed by atoms with van der Waals surface area (Å²) >= 11 is 0. The number of nitrogens with two attached hydrogens (primary N) is 1. The number of nitrogens with zero attached hydrogens (tertiary/aromatic N) is 2. The molecule has 0 aliphatic carbocycles. The third-order valence-corrected chi connectivity index (χ3v) is 2.87. The van der Waals surface area contributed by atoms with Gasteiger partial charge < -0.3 is 20.7 Å². The minimum absolute atomic E-state index is 0.182. The normalized spacial score (nSPS) is 31.2. The molecule has 0 radical (unpaired) electrons. The van der Waals surface area contributed by atoms with Crippen LogP contribution in [0.2, 0.25) is 0 Å². The quantitative estimate of drug-likeness (QED) is 0.435. The van der Waals surface area contributed by atoms with Crippen LogP contribution in [-0.4, -0.2) is 34.0 Å². The van der Waals surface area contributed by atoms with Crippen molar-refractivity contribution in [2.45, 2.75) is 18.4 Å². The van der Waals surface area contributed by atoms with E-state index in [9.17, 15) is 9.90 Å². The number of ether oxygens (including phenoxy) is 1. The lowest BCUT2D eigenvalue weighted by Crippen LogP contribution is -2.56. The number of H-pyrrole nitrogens is 1. The second-order valence-electron chi connectivity index (χ2n) is 4.00. The summed E-state index contributed by atoms with van der Waals surface area (Å²) in [4.78, 5) is 14.0. The molecular formula is C10H13N4O4+. The summed E-state index contributed by atoms with van der Waals surface area (Å²) in [5, 5.41) is 27.8. The van der Waals surface area contributed by atoms with Gasteiger partial charge in [0.25, 0.3) is 0 Å². The molecule has 0 aromatic carbocycles. The molecule has 0 bridgehead atoms. The van der Waals surface area contributed by atoms with Crippen LogP contribution in [0.4, 0.5) is 5.82 Å². The van der Waals surface area contributed by atoms with Gasteiger partial charge in [0.2, 0.25) is 6.23 Å². The Hall–Kier alpha value is -1.95. The smallest absolute Gasteiger partial charge is 0.394 e. The molecule has 8 heteroatoms. The molecule has 18 heavy (non-hydrogen) atoms. The van der Waals surface area contributed by atoms with E-state index in [0.29, 0.717) is 0 Å². The molecule has 96 valence electrons. The predicted molar refractivity (Wildman–Crippen MR) is 57.8 cm³/mol. The Morgan fingerprint density at radius 3 is 2.94 bits per heavy atom. The molecule has 1 aromatic heterocycles. The molecule has 0 saturated carbocycles. The topological polar surface area (TPSA) is 136 Å². The SMILES string of the molecule is N#C[C@H]1[C@H](O)[C@@H](CO)O[C@H]1[n+]1ccc(N)[nH]c1=O. The van der Waals surface area contributed by atoms with Gasteiger partial charge in [-0.1, -0.05) is 0 Å². The van der Waals surface area contributed by atoms with Gasteiger partial charge in [-0.2, -0.15) is 19.6 Å². The summed E-state index contributed by atoms with van der Waals surface area (Å²) in [7, 11) is 0. The van der Waals surface area contributed by atoms with Gasteiger partial charge in [0.1, 0.15) is 24.3 Å². The van der Waals surface area contributed by atoms with Crippen molar-refractivity contribution in [2.75, 3.05) is 12.3 Å². The van der Waals surface area contributed by atoms with Gasteiger partial charge in [0.05, 0.1) is 12.7 Å². The van der Waals surface area contributed by atoms with E-state index in [1.165, 1.54) is 12.3 Å². The van der Waals surface area contributed by atoms with Gasteiger partial charge in [-0.05, 0) is 0 Å². The number of aromatic amines is 1. The first kappa shape index (κ1) is 12.5. The third kappa shape index (κ3) is 1.95. The van der Waals surface area contributed by atoms with E-state index >= 15 is 0 Å². The first-order valence-electron chi connectivity index (χ1n) is 5.32. The number of hydrogen-bond acceptors (Lipinski definition) is 6. The first-order valence-corrected chi connectivity index (χ1v) is 5.32. The molecule has 1 aromatic rings. The van der Waals surface area contributed by atoms with Gasteiger partial charge in [-0.3, -0.25) is 0 Å². The van der Waals surface area contributed by atoms with Crippen molar-refractivity contribution in [1.82, 2.24) is 4.98 Å². The molecular weight excluding hydrogens is 240 g/mol. The van der Waals surface area contributed by atoms with Crippen molar-refractivity contribution < 1.29 is 19.5 Å². The molecule has 1 aliphatic heterocycles. The fourth-order valence-electron chi connectivity index (χ4n) is 1.93. The van der Waals surface area contributed by atoms with Crippen molar-refractivity contribution in [3.05, 3.63) is 22.7 Å². The molecule has 1 fully saturated rings. The Kier molecular flexibility index (Phi) is 3.29. The van der Waals surface area contributed by atoms with Crippen LogP contribution in [0, 0.1) is 17.2 Å². The molecule has 1 saturated heterocycles. The molecule has 1 aliphatic rings. The van der Waals surface area contributed by atoms with Crippen LogP contribution < -0.4 is 16.0 Å². The van der Waals surface area contributed by atoms with Gasteiger partial charge in [-0.25, -0.2) is 0 Å². The molecule has 0 unspecified atom stereocenters. The zero-order valence-electron chi connectivity index (χ0n) is 9.35. The Bertz CT molecular complexity index is 537. The zero-order chi connectivity index (χ0) is 13.3. The highest BCUT2D eigenvalue weighted by molar-refractivity contribution is 5.21. The second kappa shape index (κ2) is 4.73. The zero-order valence-corrected chi connectivity index (χ0v) is 9.35. The summed E-state index contributed by atoms with van der Waals surface area (Å²) in [6.07, 6.45) is -1.61. The lowest BCUT2D eigenvalue weighted by molar-refractivity contribution is -0.778. The van der Waals surface area contributed by atoms with E-state index in [1.54, 1.807) is 0 Å². The number of nitrogens with one attached hydrogen (secondary N) is 1. The highest BCUT2D eigenvalue weighted by atomic mass is 16.5. The van der Waals surface area contributed by atoms with Gasteiger partial charge in [0, 0.05) is 6.07 Å². The Morgan fingerprint density at radius 2 is 2.39 bits per heavy atom. The molecule has 2 rings (SSSR count). The molecule has 8 nitrogen and oxygen atoms in total. The van der Waals surface area contributed by atoms with E-state index in [-0.39, 0.29) is 5.82 Å². The van der Waals surface area contributed by atoms with E-state index in [1.807, 2.05) is 6.07 Å². The van der Waals surface area contributed by atoms with Crippen molar-refractivity contribution >= 4 is 5.82 Å². The van der Waals surface area contributed by atoms with Gasteiger partial charge >= 0.3 is 5.69 Å². The summed E-state index contributed by atoms with van der Waals surface area (Å²) < 4.78 is 6.44. The minimum atomic E-state index is -1.14. The number of anilines is 1. The lowest BCUT2D eigenvalue weighted by Gasteiger charge is -2.10. The predicted octanol–water partition coefficient (Wildman–Crippen LogP) is -2.37. The van der Waals surface area contributed by atoms with Crippen LogP contribution >= 0.6 is 0 Å². The molecule has 4 atom stereocenters. The number of rotatable bonds is 2. The van der Waals surface area contributed by atoms with Gasteiger partial charge in [0.15, 0.2) is 5.82 Å². The second-order valence-corrected chi connectivity index (χ2v) is 4.00. The summed E-state index contributed by atoms with van der Waals surface area (Å²) in [6.45, 7) is -0.427. The van der Waals surface area contributed by atoms with Gasteiger partial charge in [-0.15, -0.1) is 0 Å². The third-order valence-electron chi connectivity index (χ3n) is 2.87. The number of hydrogen-bond donors (Lipinski definition) is 4. The highest BCUT2D eigenvalue weighted by Gasteiger charge is 2.47. The Balaban J connectivity index is 2.39. The Labute approximate surface area is 102 Å². The first-order chi connectivity index (χ1) is 8.58. The van der Waals surface area contributed by atoms with E-state index in [4.69, 9.17) is 20.8 Å². The number of aliphatic hydroxyl groups excluding tert-OH is 2. The number of nitrogen functional groups attached to an aromatic ring is 1. The van der Waals surface area contributed by atoms with Crippen LogP contribution in [0.1, 0.15) is 6.23 Å². The van der Waals surface area contributed by atoms with Crippen LogP contribution in [0.3, 0.4) is 0 Å². The van der Waals surface area contributed by atoms with Crippen LogP contribution in [0.15, 0.2) is 17.1 Å². The van der Waals surface area contributed by atoms with Crippen molar-refractivity contribution in [3.63, 3.8) is 0 Å². The van der Waals surface area contributed by atoms with Crippen LogP contribution in [-0.2, 0) is 4.74 Å². The largest absolute Gasteiger partial charge is 0.499 e. The average Bonchev–Trinajstić information content (AvgIpc) is 2.65. The van der Waals surface area contributed by atoms with E-state index in [2.05, 4.69) is 4.98 Å². The van der Waals surface area contributed by atoms with Crippen LogP contribution in [0.5, 0.6) is 0 Å². The molecule has 0 spiro atoms. The Morgan fingerprint density at radius 1 is 1.67 bits per heavy atom. The van der Waals surface area contributed by atoms with Crippen molar-refractivity contribution in [3.8, 4) is 6.07 Å². The fraction of sp³-hybridized carbons (Fsp3) is 0.500. The molecule has 2 heterocycles. The number of nitriles is 1. The van der Waals surface area contributed by atoms with E-state index in [0.717, 1.165) is 4.57 Å². The van der Waals surface area contributed by atoms with Crippen molar-refractivity contribution in [1.29, 1.82) is 5.26 Å². The van der Waals surface area contributed by atoms with Crippen molar-refractivity contribution in [2.24, 2.45) is 5.92 Å². The maximum Gasteiger partial charge on any atom is 0.499 e. The highest BCUT2D eigenvalue weighted by Crippen LogP contribution is 2.29. The monoisotopic (exact) mass is 253 g/mol. The average molecular weight is 253 g/mol. The minimum Gasteiger partial charge on any atom is -0.394 e. The lowest BCUT2D eigenvalue weighted by atomic mass is 10.0. The maximum atomic E-state index is 11.7.